The quantitative estimate of drug-likeness (QED) is 0.0310. The molecule has 0 spiro atoms. The van der Waals surface area contributed by atoms with Crippen molar-refractivity contribution in [2.45, 2.75) is 98.4 Å². The van der Waals surface area contributed by atoms with Crippen molar-refractivity contribution in [3.8, 4) is 11.5 Å². The number of nitrogens with two attached hydrogens (primary N) is 1. The molecule has 0 aliphatic heterocycles. The maximum absolute atomic E-state index is 12.4. The lowest BCUT2D eigenvalue weighted by atomic mass is 10.1. The SMILES string of the molecule is C.CC(C)(C)OC(=O)NCCC(=O)OCOC(=O)C(C)(C)Oc1ccc(CCNC(=O)c2ccc(Cl)cc2)cc1.CC(C)(Oc1ccc(CCNC(=O)c2ccc(Cl)cc2)cc1)C(=O)OCOC(=O)CCN.Cl. The van der Waals surface area contributed by atoms with Crippen molar-refractivity contribution in [1.29, 1.82) is 0 Å². The van der Waals surface area contributed by atoms with Crippen LogP contribution in [0.25, 0.3) is 0 Å². The Balaban J connectivity index is 0.000000723. The van der Waals surface area contributed by atoms with Gasteiger partial charge in [0.15, 0.2) is 11.2 Å². The summed E-state index contributed by atoms with van der Waals surface area (Å²) in [5, 5.41) is 9.28. The molecule has 4 aromatic carbocycles. The Morgan fingerprint density at radius 1 is 0.507 bits per heavy atom. The molecule has 0 aliphatic carbocycles. The van der Waals surface area contributed by atoms with Crippen LogP contribution >= 0.6 is 35.6 Å². The lowest BCUT2D eigenvalue weighted by molar-refractivity contribution is -0.178. The summed E-state index contributed by atoms with van der Waals surface area (Å²) in [5.74, 6) is -2.04. The summed E-state index contributed by atoms with van der Waals surface area (Å²) in [4.78, 5) is 83.5. The summed E-state index contributed by atoms with van der Waals surface area (Å²) in [5.41, 5.74) is 4.99. The van der Waals surface area contributed by atoms with Gasteiger partial charge in [0, 0.05) is 47.4 Å². The number of hydrogen-bond acceptors (Lipinski definition) is 15. The molecule has 4 aromatic rings. The summed E-state index contributed by atoms with van der Waals surface area (Å²) in [6.45, 7) is 11.3. The first kappa shape index (κ1) is 64.4. The first-order valence-corrected chi connectivity index (χ1v) is 23.2. The summed E-state index contributed by atoms with van der Waals surface area (Å²) >= 11 is 11.7. The minimum atomic E-state index is -1.35. The molecular formula is C52H67Cl3N4O14. The number of halogens is 3. The van der Waals surface area contributed by atoms with E-state index < -0.39 is 60.4 Å². The second kappa shape index (κ2) is 31.8. The monoisotopic (exact) mass is 1080 g/mol. The molecule has 0 saturated carbocycles. The molecule has 0 radical (unpaired) electrons. The van der Waals surface area contributed by atoms with E-state index in [2.05, 4.69) is 16.0 Å². The fraction of sp³-hybridized carbons (Fsp3) is 0.404. The van der Waals surface area contributed by atoms with Crippen LogP contribution in [-0.4, -0.2) is 98.4 Å². The number of carbonyl (C=O) groups excluding carboxylic acids is 7. The summed E-state index contributed by atoms with van der Waals surface area (Å²) in [7, 11) is 0. The normalized spacial score (nSPS) is 10.8. The maximum atomic E-state index is 12.4. The van der Waals surface area contributed by atoms with Crippen LogP contribution in [0.4, 0.5) is 4.79 Å². The molecule has 0 bridgehead atoms. The van der Waals surface area contributed by atoms with Crippen molar-refractivity contribution < 1.29 is 66.7 Å². The Morgan fingerprint density at radius 3 is 1.23 bits per heavy atom. The first-order chi connectivity index (χ1) is 33.5. The molecule has 0 fully saturated rings. The second-order valence-electron chi connectivity index (χ2n) is 17.4. The number of esters is 4. The zero-order valence-corrected chi connectivity index (χ0v) is 43.6. The third-order valence-electron chi connectivity index (χ3n) is 9.35. The van der Waals surface area contributed by atoms with Gasteiger partial charge in [-0.2, -0.15) is 0 Å². The van der Waals surface area contributed by atoms with Gasteiger partial charge in [-0.1, -0.05) is 54.9 Å². The zero-order chi connectivity index (χ0) is 52.6. The van der Waals surface area contributed by atoms with E-state index in [1.165, 1.54) is 13.8 Å². The lowest BCUT2D eigenvalue weighted by Gasteiger charge is -2.24. The largest absolute Gasteiger partial charge is 0.476 e. The zero-order valence-electron chi connectivity index (χ0n) is 41.3. The highest BCUT2D eigenvalue weighted by Crippen LogP contribution is 2.22. The number of carbonyl (C=O) groups is 7. The van der Waals surface area contributed by atoms with Crippen molar-refractivity contribution in [2.24, 2.45) is 5.73 Å². The minimum absolute atomic E-state index is 0. The Bertz CT molecular complexity index is 2380. The highest BCUT2D eigenvalue weighted by molar-refractivity contribution is 6.31. The molecule has 0 unspecified atom stereocenters. The number of alkyl carbamates (subject to hydrolysis) is 1. The summed E-state index contributed by atoms with van der Waals surface area (Å²) < 4.78 is 36.1. The van der Waals surface area contributed by atoms with Gasteiger partial charge >= 0.3 is 30.0 Å². The Kier molecular flexibility index (Phi) is 28.0. The van der Waals surface area contributed by atoms with Crippen molar-refractivity contribution in [1.82, 2.24) is 16.0 Å². The Morgan fingerprint density at radius 2 is 0.877 bits per heavy atom. The van der Waals surface area contributed by atoms with Gasteiger partial charge in [0.2, 0.25) is 13.6 Å². The van der Waals surface area contributed by atoms with Crippen LogP contribution in [0.5, 0.6) is 11.5 Å². The van der Waals surface area contributed by atoms with E-state index in [0.717, 1.165) is 11.1 Å². The molecule has 4 rings (SSSR count). The van der Waals surface area contributed by atoms with Gasteiger partial charge in [0.25, 0.3) is 11.8 Å². The Labute approximate surface area is 443 Å². The lowest BCUT2D eigenvalue weighted by Crippen LogP contribution is -2.40. The first-order valence-electron chi connectivity index (χ1n) is 22.4. The van der Waals surface area contributed by atoms with Crippen molar-refractivity contribution >= 4 is 77.4 Å². The molecule has 73 heavy (non-hydrogen) atoms. The second-order valence-corrected chi connectivity index (χ2v) is 18.3. The van der Waals surface area contributed by atoms with E-state index >= 15 is 0 Å². The smallest absolute Gasteiger partial charge is 0.407 e. The van der Waals surface area contributed by atoms with Gasteiger partial charge in [-0.05, 0) is 145 Å². The van der Waals surface area contributed by atoms with Crippen LogP contribution in [0.1, 0.15) is 101 Å². The van der Waals surface area contributed by atoms with E-state index in [9.17, 15) is 33.6 Å². The summed E-state index contributed by atoms with van der Waals surface area (Å²) in [6.07, 6.45) is 0.514. The fourth-order valence-electron chi connectivity index (χ4n) is 5.66. The van der Waals surface area contributed by atoms with E-state index in [0.29, 0.717) is 58.6 Å². The number of amides is 3. The molecule has 0 saturated heterocycles. The van der Waals surface area contributed by atoms with Gasteiger partial charge in [-0.25, -0.2) is 14.4 Å². The number of rotatable bonds is 23. The van der Waals surface area contributed by atoms with E-state index in [1.54, 1.807) is 107 Å². The third-order valence-corrected chi connectivity index (χ3v) is 9.86. The van der Waals surface area contributed by atoms with Crippen LogP contribution in [0.3, 0.4) is 0 Å². The van der Waals surface area contributed by atoms with Gasteiger partial charge < -0.3 is 54.8 Å². The van der Waals surface area contributed by atoms with E-state index in [-0.39, 0.29) is 57.6 Å². The molecule has 3 amide bonds. The van der Waals surface area contributed by atoms with Crippen LogP contribution in [0, 0.1) is 0 Å². The average Bonchev–Trinajstić information content (AvgIpc) is 3.30. The maximum Gasteiger partial charge on any atom is 0.407 e. The molecule has 21 heteroatoms. The fourth-order valence-corrected chi connectivity index (χ4v) is 5.91. The Hall–Kier alpha value is -6.60. The van der Waals surface area contributed by atoms with Gasteiger partial charge in [0.1, 0.15) is 17.1 Å². The van der Waals surface area contributed by atoms with Crippen LogP contribution in [-0.2, 0) is 55.7 Å². The van der Waals surface area contributed by atoms with Crippen molar-refractivity contribution in [3.05, 3.63) is 129 Å². The van der Waals surface area contributed by atoms with Gasteiger partial charge in [0.05, 0.1) is 12.8 Å². The predicted molar refractivity (Wildman–Crippen MR) is 278 cm³/mol. The van der Waals surface area contributed by atoms with Crippen LogP contribution in [0.2, 0.25) is 10.0 Å². The number of nitrogens with one attached hydrogen (secondary N) is 3. The molecule has 5 N–H and O–H groups in total. The molecule has 18 nitrogen and oxygen atoms in total. The molecular weight excluding hydrogens is 1010 g/mol. The van der Waals surface area contributed by atoms with E-state index in [4.69, 9.17) is 62.1 Å². The number of hydrogen-bond donors (Lipinski definition) is 4. The van der Waals surface area contributed by atoms with Crippen LogP contribution < -0.4 is 31.2 Å². The minimum Gasteiger partial charge on any atom is -0.476 e. The van der Waals surface area contributed by atoms with Crippen molar-refractivity contribution in [2.75, 3.05) is 39.8 Å². The number of benzene rings is 4. The molecule has 0 aliphatic rings. The number of ether oxygens (including phenoxy) is 7. The third kappa shape index (κ3) is 25.6. The highest BCUT2D eigenvalue weighted by atomic mass is 35.5. The van der Waals surface area contributed by atoms with Gasteiger partial charge in [-0.3, -0.25) is 19.2 Å². The standard InChI is InChI=1S/C28H35ClN2O8.C23H27ClN2O6.CH4.ClH/c1-27(2,3)39-26(35)31-17-15-23(32)36-18-37-25(34)28(4,5)38-22-12-6-19(7-13-22)14-16-30-24(33)20-8-10-21(29)11-9-20;1-23(2,22(29)31-15-30-20(27)11-13-25)32-19-9-3-16(4-10-19)12-14-26-21(28)17-5-7-18(24)8-6-17;;/h6-13H,14-18H2,1-5H3,(H,30,33)(H,31,35);3-10H,11-15,25H2,1-2H3,(H,26,28);1H4;1H. The molecule has 0 atom stereocenters. The predicted octanol–water partition coefficient (Wildman–Crippen LogP) is 8.35. The molecule has 0 heterocycles. The molecule has 0 aromatic heterocycles. The van der Waals surface area contributed by atoms with E-state index in [1.807, 2.05) is 24.3 Å². The summed E-state index contributed by atoms with van der Waals surface area (Å²) in [6, 6.07) is 27.5. The molecule has 400 valence electrons. The van der Waals surface area contributed by atoms with Crippen LogP contribution in [0.15, 0.2) is 97.1 Å². The van der Waals surface area contributed by atoms with Gasteiger partial charge in [-0.15, -0.1) is 12.4 Å². The average molecular weight is 1080 g/mol. The topological polar surface area (TPSA) is 246 Å². The highest BCUT2D eigenvalue weighted by Gasteiger charge is 2.33. The van der Waals surface area contributed by atoms with Crippen molar-refractivity contribution in [3.63, 3.8) is 0 Å².